The van der Waals surface area contributed by atoms with Crippen LogP contribution in [0.3, 0.4) is 0 Å². The van der Waals surface area contributed by atoms with Gasteiger partial charge in [0.2, 0.25) is 11.9 Å². The zero-order valence-corrected chi connectivity index (χ0v) is 17.6. The molecule has 148 valence electrons. The number of alkyl halides is 3. The van der Waals surface area contributed by atoms with Crippen molar-refractivity contribution in [2.45, 2.75) is 30.2 Å². The first kappa shape index (κ1) is 20.8. The van der Waals surface area contributed by atoms with E-state index in [1.807, 2.05) is 0 Å². The van der Waals surface area contributed by atoms with Crippen LogP contribution in [0.15, 0.2) is 24.3 Å². The molecule has 1 saturated carbocycles. The molecule has 0 unspecified atom stereocenters. The molecule has 2 amide bonds. The second-order valence-corrected chi connectivity index (χ2v) is 8.24. The molecule has 1 aromatic carbocycles. The first-order valence-corrected chi connectivity index (χ1v) is 9.89. The fourth-order valence-corrected chi connectivity index (χ4v) is 3.31. The van der Waals surface area contributed by atoms with Crippen LogP contribution in [0.4, 0.5) is 14.7 Å². The van der Waals surface area contributed by atoms with Gasteiger partial charge in [-0.1, -0.05) is 17.7 Å². The van der Waals surface area contributed by atoms with Gasteiger partial charge in [-0.25, -0.2) is 9.97 Å². The van der Waals surface area contributed by atoms with Gasteiger partial charge in [-0.05, 0) is 43.5 Å². The number of carbonyl (C=O) groups is 2. The lowest BCUT2D eigenvalue weighted by Gasteiger charge is -2.13. The molecule has 1 fully saturated rings. The monoisotopic (exact) mass is 520 g/mol. The van der Waals surface area contributed by atoms with Crippen molar-refractivity contribution in [1.82, 2.24) is 15.3 Å². The number of halogens is 4. The summed E-state index contributed by atoms with van der Waals surface area (Å²) in [5.41, 5.74) is 0.748. The molecule has 1 heterocycles. The largest absolute Gasteiger partial charge is 0.347 e. The van der Waals surface area contributed by atoms with E-state index in [4.69, 9.17) is 11.6 Å². The van der Waals surface area contributed by atoms with Crippen LogP contribution in [-0.2, 0) is 15.3 Å². The Kier molecular flexibility index (Phi) is 6.13. The summed E-state index contributed by atoms with van der Waals surface area (Å²) < 4.78 is 24.0. The van der Waals surface area contributed by atoms with Crippen LogP contribution in [0.25, 0.3) is 0 Å². The lowest BCUT2D eigenvalue weighted by molar-refractivity contribution is -0.117. The van der Waals surface area contributed by atoms with Crippen LogP contribution in [-0.4, -0.2) is 21.8 Å². The van der Waals surface area contributed by atoms with Gasteiger partial charge in [-0.15, -0.1) is 0 Å². The highest BCUT2D eigenvalue weighted by Gasteiger charge is 2.31. The van der Waals surface area contributed by atoms with Crippen LogP contribution in [0.2, 0.25) is 5.02 Å². The predicted octanol–water partition coefficient (Wildman–Crippen LogP) is 4.20. The minimum Gasteiger partial charge on any atom is -0.347 e. The Morgan fingerprint density at radius 1 is 1.29 bits per heavy atom. The molecule has 1 aromatic heterocycles. The summed E-state index contributed by atoms with van der Waals surface area (Å²) in [6.07, 6.45) is 1.68. The van der Waals surface area contributed by atoms with Crippen molar-refractivity contribution >= 4 is 52.0 Å². The first-order valence-electron chi connectivity index (χ1n) is 8.44. The molecule has 0 bridgehead atoms. The summed E-state index contributed by atoms with van der Waals surface area (Å²) in [6, 6.07) is 5.66. The van der Waals surface area contributed by atoms with Crippen LogP contribution >= 0.6 is 34.2 Å². The average molecular weight is 521 g/mol. The van der Waals surface area contributed by atoms with E-state index in [1.165, 1.54) is 18.2 Å². The van der Waals surface area contributed by atoms with Crippen LogP contribution < -0.4 is 10.6 Å². The van der Waals surface area contributed by atoms with E-state index >= 15 is 0 Å². The Bertz CT molecular complexity index is 932. The third-order valence-electron chi connectivity index (χ3n) is 4.06. The van der Waals surface area contributed by atoms with E-state index in [0.717, 1.165) is 35.4 Å². The van der Waals surface area contributed by atoms with Crippen molar-refractivity contribution < 1.29 is 18.4 Å². The number of hydrogen-bond acceptors (Lipinski definition) is 4. The number of hydrogen-bond donors (Lipinski definition) is 2. The molecule has 28 heavy (non-hydrogen) atoms. The molecule has 2 aromatic rings. The number of nitrogens with zero attached hydrogens (tertiary/aromatic N) is 2. The second-order valence-electron chi connectivity index (χ2n) is 6.48. The maximum absolute atomic E-state index is 13.6. The normalized spacial score (nSPS) is 13.9. The highest BCUT2D eigenvalue weighted by atomic mass is 127. The van der Waals surface area contributed by atoms with Gasteiger partial charge < -0.3 is 5.32 Å². The van der Waals surface area contributed by atoms with Gasteiger partial charge in [0.05, 0.1) is 5.02 Å². The van der Waals surface area contributed by atoms with E-state index in [-0.39, 0.29) is 40.6 Å². The number of carbonyl (C=O) groups excluding carboxylic acids is 2. The van der Waals surface area contributed by atoms with Gasteiger partial charge in [0, 0.05) is 46.3 Å². The van der Waals surface area contributed by atoms with Gasteiger partial charge in [0.1, 0.15) is 5.69 Å². The third kappa shape index (κ3) is 5.34. The van der Waals surface area contributed by atoms with E-state index in [1.54, 1.807) is 13.0 Å². The fourth-order valence-electron chi connectivity index (χ4n) is 2.47. The maximum Gasteiger partial charge on any atom is 0.323 e. The van der Waals surface area contributed by atoms with E-state index in [2.05, 4.69) is 20.6 Å². The van der Waals surface area contributed by atoms with Crippen LogP contribution in [0.5, 0.6) is 0 Å². The lowest BCUT2D eigenvalue weighted by atomic mass is 10.1. The van der Waals surface area contributed by atoms with E-state index < -0.39 is 9.84 Å². The number of aromatic nitrogens is 2. The minimum atomic E-state index is -3.12. The number of rotatable bonds is 6. The number of nitrogens with one attached hydrogen (secondary N) is 2. The number of aryl methyl sites for hydroxylation is 1. The summed E-state index contributed by atoms with van der Waals surface area (Å²) in [7, 11) is 0. The lowest BCUT2D eigenvalue weighted by Crippen LogP contribution is -2.25. The molecule has 2 N–H and O–H groups in total. The van der Waals surface area contributed by atoms with Gasteiger partial charge >= 0.3 is 3.93 Å². The van der Waals surface area contributed by atoms with Crippen LogP contribution in [0.1, 0.15) is 40.2 Å². The molecule has 6 nitrogen and oxygen atoms in total. The fraction of sp³-hybridized carbons (Fsp3) is 0.333. The zero-order chi connectivity index (χ0) is 20.5. The van der Waals surface area contributed by atoms with Crippen molar-refractivity contribution in [2.24, 2.45) is 5.92 Å². The van der Waals surface area contributed by atoms with Gasteiger partial charge in [0.15, 0.2) is 0 Å². The predicted molar refractivity (Wildman–Crippen MR) is 109 cm³/mol. The van der Waals surface area contributed by atoms with E-state index in [0.29, 0.717) is 11.3 Å². The Morgan fingerprint density at radius 2 is 2.00 bits per heavy atom. The highest BCUT2D eigenvalue weighted by molar-refractivity contribution is 14.1. The number of anilines is 1. The summed E-state index contributed by atoms with van der Waals surface area (Å²) in [4.78, 5) is 32.4. The Hall–Kier alpha value is -1.88. The molecule has 1 aliphatic carbocycles. The Morgan fingerprint density at radius 3 is 2.64 bits per heavy atom. The Balaban J connectivity index is 1.69. The smallest absolute Gasteiger partial charge is 0.323 e. The van der Waals surface area contributed by atoms with Crippen molar-refractivity contribution in [3.05, 3.63) is 51.8 Å². The zero-order valence-electron chi connectivity index (χ0n) is 14.7. The number of benzene rings is 1. The first-order chi connectivity index (χ1) is 13.1. The van der Waals surface area contributed by atoms with Gasteiger partial charge in [-0.2, -0.15) is 8.78 Å². The number of amides is 2. The average Bonchev–Trinajstić information content (AvgIpc) is 3.44. The summed E-state index contributed by atoms with van der Waals surface area (Å²) in [6.45, 7) is 1.70. The van der Waals surface area contributed by atoms with Gasteiger partial charge in [0.25, 0.3) is 5.91 Å². The molecule has 10 heteroatoms. The molecular formula is C18H16ClF2IN4O2. The SMILES string of the molecule is Cc1cc(C(=O)NCc2ccc(Cl)c(C(F)(F)I)c2)nc(NC(=O)C2CC2)n1. The maximum atomic E-state index is 13.6. The Labute approximate surface area is 178 Å². The highest BCUT2D eigenvalue weighted by Crippen LogP contribution is 2.39. The van der Waals surface area contributed by atoms with Crippen molar-refractivity contribution in [2.75, 3.05) is 5.32 Å². The third-order valence-corrected chi connectivity index (χ3v) is 4.97. The van der Waals surface area contributed by atoms with Crippen LogP contribution in [0, 0.1) is 12.8 Å². The molecule has 0 aliphatic heterocycles. The molecule has 0 spiro atoms. The van der Waals surface area contributed by atoms with Crippen molar-refractivity contribution in [1.29, 1.82) is 0 Å². The molecular weight excluding hydrogens is 505 g/mol. The van der Waals surface area contributed by atoms with Gasteiger partial charge in [-0.3, -0.25) is 14.9 Å². The topological polar surface area (TPSA) is 84.0 Å². The summed E-state index contributed by atoms with van der Waals surface area (Å²) >= 11 is 6.82. The van der Waals surface area contributed by atoms with E-state index in [9.17, 15) is 18.4 Å². The molecule has 1 aliphatic rings. The second kappa shape index (κ2) is 8.24. The molecule has 0 saturated heterocycles. The molecule has 3 rings (SSSR count). The molecule has 0 atom stereocenters. The minimum absolute atomic E-state index is 0.0164. The molecule has 0 radical (unpaired) electrons. The van der Waals surface area contributed by atoms with Crippen molar-refractivity contribution in [3.8, 4) is 0 Å². The summed E-state index contributed by atoms with van der Waals surface area (Å²) in [5.74, 6) is -0.618. The standard InChI is InChI=1S/C18H16ClF2IN4O2/c1-9-6-14(25-17(24-9)26-15(27)11-3-4-11)16(28)23-8-10-2-5-13(19)12(7-10)18(20,21)22/h2,5-7,11H,3-4,8H2,1H3,(H,23,28)(H,24,25,26,27). The van der Waals surface area contributed by atoms with Crippen molar-refractivity contribution in [3.63, 3.8) is 0 Å². The quantitative estimate of drug-likeness (QED) is 0.442. The summed E-state index contributed by atoms with van der Waals surface area (Å²) in [5, 5.41) is 5.18.